The second kappa shape index (κ2) is 3.52. The van der Waals surface area contributed by atoms with Gasteiger partial charge in [-0.05, 0) is 31.2 Å². The molecular formula is C11H12FN3O. The number of nitrogens with zero attached hydrogens (tertiary/aromatic N) is 1. The van der Waals surface area contributed by atoms with Crippen molar-refractivity contribution in [1.82, 2.24) is 0 Å². The minimum Gasteiger partial charge on any atom is -0.434 e. The molecular weight excluding hydrogens is 209 g/mol. The van der Waals surface area contributed by atoms with Gasteiger partial charge in [0.2, 0.25) is 0 Å². The Balaban J connectivity index is 2.54. The van der Waals surface area contributed by atoms with E-state index in [2.05, 4.69) is 4.99 Å². The average Bonchev–Trinajstić information content (AvgIpc) is 2.21. The molecule has 0 aromatic heterocycles. The van der Waals surface area contributed by atoms with E-state index in [9.17, 15) is 4.39 Å². The standard InChI is InChI=1S/C11H12FN3O/c1-11(4-5-16-10(14)15-11)8-6-7(13)2-3-9(8)12/h2-6H,13H2,1H3,(H2,14,15)/t11-/m0/s1. The van der Waals surface area contributed by atoms with Gasteiger partial charge in [-0.1, -0.05) is 0 Å². The monoisotopic (exact) mass is 221 g/mol. The van der Waals surface area contributed by atoms with E-state index in [1.807, 2.05) is 0 Å². The molecule has 4 N–H and O–H groups in total. The zero-order chi connectivity index (χ0) is 11.8. The largest absolute Gasteiger partial charge is 0.434 e. The van der Waals surface area contributed by atoms with Crippen LogP contribution in [-0.4, -0.2) is 6.02 Å². The maximum absolute atomic E-state index is 13.7. The molecule has 1 aliphatic heterocycles. The summed E-state index contributed by atoms with van der Waals surface area (Å²) in [6.07, 6.45) is 3.02. The van der Waals surface area contributed by atoms with Crippen molar-refractivity contribution in [2.45, 2.75) is 12.5 Å². The van der Waals surface area contributed by atoms with Crippen LogP contribution in [0.3, 0.4) is 0 Å². The van der Waals surface area contributed by atoms with Crippen molar-refractivity contribution >= 4 is 11.7 Å². The van der Waals surface area contributed by atoms with Crippen molar-refractivity contribution in [3.05, 3.63) is 41.9 Å². The summed E-state index contributed by atoms with van der Waals surface area (Å²) in [6.45, 7) is 1.73. The Labute approximate surface area is 92.4 Å². The molecule has 0 spiro atoms. The molecule has 0 radical (unpaired) electrons. The Morgan fingerprint density at radius 3 is 2.81 bits per heavy atom. The number of halogens is 1. The van der Waals surface area contributed by atoms with E-state index < -0.39 is 5.54 Å². The fraction of sp³-hybridized carbons (Fsp3) is 0.182. The maximum atomic E-state index is 13.7. The Morgan fingerprint density at radius 2 is 2.12 bits per heavy atom. The molecule has 1 atom stereocenters. The molecule has 5 heteroatoms. The summed E-state index contributed by atoms with van der Waals surface area (Å²) in [4.78, 5) is 4.08. The number of nitrogens with two attached hydrogens (primary N) is 2. The van der Waals surface area contributed by atoms with Gasteiger partial charge in [-0.3, -0.25) is 0 Å². The number of ether oxygens (including phenoxy) is 1. The van der Waals surface area contributed by atoms with Crippen LogP contribution in [0.15, 0.2) is 35.5 Å². The molecule has 1 aliphatic rings. The maximum Gasteiger partial charge on any atom is 0.288 e. The first kappa shape index (κ1) is 10.5. The zero-order valence-electron chi connectivity index (χ0n) is 8.77. The van der Waals surface area contributed by atoms with Gasteiger partial charge in [0, 0.05) is 11.3 Å². The molecule has 1 aromatic rings. The number of amidine groups is 1. The lowest BCUT2D eigenvalue weighted by atomic mass is 9.91. The highest BCUT2D eigenvalue weighted by Crippen LogP contribution is 2.32. The van der Waals surface area contributed by atoms with Crippen LogP contribution in [0, 0.1) is 5.82 Å². The number of nitrogen functional groups attached to an aromatic ring is 1. The van der Waals surface area contributed by atoms with Crippen LogP contribution < -0.4 is 11.5 Å². The average molecular weight is 221 g/mol. The third kappa shape index (κ3) is 1.71. The van der Waals surface area contributed by atoms with E-state index in [0.29, 0.717) is 11.3 Å². The van der Waals surface area contributed by atoms with Gasteiger partial charge in [-0.2, -0.15) is 0 Å². The zero-order valence-corrected chi connectivity index (χ0v) is 8.77. The van der Waals surface area contributed by atoms with Crippen LogP contribution >= 0.6 is 0 Å². The van der Waals surface area contributed by atoms with Crippen molar-refractivity contribution in [3.63, 3.8) is 0 Å². The molecule has 0 unspecified atom stereocenters. The normalized spacial score (nSPS) is 23.8. The minimum absolute atomic E-state index is 0.00632. The SMILES string of the molecule is C[C@@]1(c2cc(N)ccc2F)C=COC(N)=N1. The fourth-order valence-electron chi connectivity index (χ4n) is 1.61. The third-order valence-electron chi connectivity index (χ3n) is 2.46. The summed E-state index contributed by atoms with van der Waals surface area (Å²) in [6, 6.07) is 4.36. The lowest BCUT2D eigenvalue weighted by molar-refractivity contribution is 0.410. The van der Waals surface area contributed by atoms with E-state index in [-0.39, 0.29) is 11.8 Å². The lowest BCUT2D eigenvalue weighted by Gasteiger charge is -2.25. The lowest BCUT2D eigenvalue weighted by Crippen LogP contribution is -2.28. The van der Waals surface area contributed by atoms with Crippen LogP contribution in [-0.2, 0) is 10.3 Å². The highest BCUT2D eigenvalue weighted by Gasteiger charge is 2.29. The van der Waals surface area contributed by atoms with Crippen molar-refractivity contribution in [3.8, 4) is 0 Å². The summed E-state index contributed by atoms with van der Waals surface area (Å²) in [5, 5.41) is 0. The van der Waals surface area contributed by atoms with Gasteiger partial charge < -0.3 is 16.2 Å². The van der Waals surface area contributed by atoms with Crippen LogP contribution in [0.4, 0.5) is 10.1 Å². The second-order valence-electron chi connectivity index (χ2n) is 3.76. The first-order valence-electron chi connectivity index (χ1n) is 4.76. The Kier molecular flexibility index (Phi) is 2.30. The Morgan fingerprint density at radius 1 is 1.38 bits per heavy atom. The molecule has 0 fully saturated rings. The first-order chi connectivity index (χ1) is 7.51. The van der Waals surface area contributed by atoms with Gasteiger partial charge in [0.15, 0.2) is 0 Å². The van der Waals surface area contributed by atoms with E-state index in [0.717, 1.165) is 0 Å². The van der Waals surface area contributed by atoms with E-state index in [1.165, 1.54) is 18.4 Å². The van der Waals surface area contributed by atoms with Crippen molar-refractivity contribution in [2.24, 2.45) is 10.7 Å². The highest BCUT2D eigenvalue weighted by molar-refractivity contribution is 5.74. The highest BCUT2D eigenvalue weighted by atomic mass is 19.1. The van der Waals surface area contributed by atoms with Crippen LogP contribution in [0.5, 0.6) is 0 Å². The molecule has 4 nitrogen and oxygen atoms in total. The van der Waals surface area contributed by atoms with Crippen molar-refractivity contribution in [2.75, 3.05) is 5.73 Å². The minimum atomic E-state index is -0.873. The van der Waals surface area contributed by atoms with Crippen LogP contribution in [0.2, 0.25) is 0 Å². The molecule has 0 aliphatic carbocycles. The van der Waals surface area contributed by atoms with Gasteiger partial charge in [0.25, 0.3) is 6.02 Å². The van der Waals surface area contributed by atoms with Crippen molar-refractivity contribution < 1.29 is 9.13 Å². The molecule has 16 heavy (non-hydrogen) atoms. The predicted molar refractivity (Wildman–Crippen MR) is 60.0 cm³/mol. The van der Waals surface area contributed by atoms with Gasteiger partial charge >= 0.3 is 0 Å². The second-order valence-corrected chi connectivity index (χ2v) is 3.76. The molecule has 84 valence electrons. The topological polar surface area (TPSA) is 73.6 Å². The summed E-state index contributed by atoms with van der Waals surface area (Å²) in [7, 11) is 0. The number of aliphatic imine (C=N–C) groups is 1. The molecule has 0 amide bonds. The number of hydrogen-bond donors (Lipinski definition) is 2. The van der Waals surface area contributed by atoms with E-state index in [1.54, 1.807) is 19.1 Å². The van der Waals surface area contributed by atoms with Crippen molar-refractivity contribution in [1.29, 1.82) is 0 Å². The molecule has 0 bridgehead atoms. The van der Waals surface area contributed by atoms with E-state index >= 15 is 0 Å². The smallest absolute Gasteiger partial charge is 0.288 e. The first-order valence-corrected chi connectivity index (χ1v) is 4.76. The number of benzene rings is 1. The molecule has 2 rings (SSSR count). The Hall–Kier alpha value is -2.04. The summed E-state index contributed by atoms with van der Waals surface area (Å²) in [5.41, 5.74) is 11.1. The summed E-state index contributed by atoms with van der Waals surface area (Å²) in [5.74, 6) is -0.375. The van der Waals surface area contributed by atoms with Crippen LogP contribution in [0.25, 0.3) is 0 Å². The summed E-state index contributed by atoms with van der Waals surface area (Å²) < 4.78 is 18.5. The predicted octanol–water partition coefficient (Wildman–Crippen LogP) is 1.48. The molecule has 1 heterocycles. The van der Waals surface area contributed by atoms with Gasteiger partial charge in [-0.25, -0.2) is 9.38 Å². The van der Waals surface area contributed by atoms with E-state index in [4.69, 9.17) is 16.2 Å². The molecule has 0 saturated carbocycles. The number of anilines is 1. The quantitative estimate of drug-likeness (QED) is 0.705. The number of rotatable bonds is 1. The number of hydrogen-bond acceptors (Lipinski definition) is 4. The van der Waals surface area contributed by atoms with Gasteiger partial charge in [-0.15, -0.1) is 0 Å². The third-order valence-corrected chi connectivity index (χ3v) is 2.46. The van der Waals surface area contributed by atoms with Crippen LogP contribution in [0.1, 0.15) is 12.5 Å². The van der Waals surface area contributed by atoms with Gasteiger partial charge in [0.05, 0.1) is 6.26 Å². The molecule has 0 saturated heterocycles. The Bertz CT molecular complexity index is 484. The molecule has 1 aromatic carbocycles. The summed E-state index contributed by atoms with van der Waals surface area (Å²) >= 11 is 0. The fourth-order valence-corrected chi connectivity index (χ4v) is 1.61. The van der Waals surface area contributed by atoms with Gasteiger partial charge in [0.1, 0.15) is 11.4 Å².